The lowest BCUT2D eigenvalue weighted by atomic mass is 9.87. The molecule has 1 aliphatic heterocycles. The fourth-order valence-corrected chi connectivity index (χ4v) is 6.62. The highest BCUT2D eigenvalue weighted by atomic mass is 16.2. The van der Waals surface area contributed by atoms with Crippen molar-refractivity contribution in [2.45, 2.75) is 96.8 Å². The number of rotatable bonds is 19. The number of benzene rings is 1. The number of aryl methyl sites for hydroxylation is 1. The number of aromatic amines is 1. The smallest absolute Gasteiger partial charge is 0.272 e. The zero-order chi connectivity index (χ0) is 40.0. The number of primary amides is 1. The van der Waals surface area contributed by atoms with Crippen LogP contribution in [0.4, 0.5) is 5.69 Å². The van der Waals surface area contributed by atoms with E-state index in [0.717, 1.165) is 85.5 Å². The van der Waals surface area contributed by atoms with Crippen molar-refractivity contribution in [3.63, 3.8) is 0 Å². The van der Waals surface area contributed by atoms with Crippen LogP contribution in [0.3, 0.4) is 0 Å². The summed E-state index contributed by atoms with van der Waals surface area (Å²) in [6, 6.07) is 3.61. The summed E-state index contributed by atoms with van der Waals surface area (Å²) in [4.78, 5) is 50.5. The Hall–Kier alpha value is -5.78. The lowest BCUT2D eigenvalue weighted by Gasteiger charge is -2.20. The van der Waals surface area contributed by atoms with Crippen molar-refractivity contribution in [3.05, 3.63) is 96.4 Å². The third-order valence-corrected chi connectivity index (χ3v) is 9.41. The van der Waals surface area contributed by atoms with E-state index in [1.807, 2.05) is 19.3 Å². The number of nitrogens with one attached hydrogen (secondary N) is 4. The molecular weight excluding hydrogens is 705 g/mol. The topological polar surface area (TPSA) is 176 Å². The Balaban J connectivity index is 0.000000253. The minimum absolute atomic E-state index is 0.00186. The zero-order valence-corrected chi connectivity index (χ0v) is 32.9. The first-order valence-corrected chi connectivity index (χ1v) is 19.9. The molecule has 0 spiro atoms. The summed E-state index contributed by atoms with van der Waals surface area (Å²) in [7, 11) is 1.86. The summed E-state index contributed by atoms with van der Waals surface area (Å²) < 4.78 is 1.72. The van der Waals surface area contributed by atoms with Gasteiger partial charge in [0.2, 0.25) is 17.7 Å². The second-order valence-corrected chi connectivity index (χ2v) is 14.1. The third-order valence-electron chi connectivity index (χ3n) is 9.41. The number of aromatic nitrogens is 3. The van der Waals surface area contributed by atoms with E-state index in [2.05, 4.69) is 98.9 Å². The van der Waals surface area contributed by atoms with Crippen molar-refractivity contribution in [1.29, 1.82) is 0 Å². The number of hydrogen-bond donors (Lipinski definition) is 5. The maximum absolute atomic E-state index is 12.6. The van der Waals surface area contributed by atoms with Crippen LogP contribution in [0.1, 0.15) is 113 Å². The van der Waals surface area contributed by atoms with Crippen LogP contribution in [-0.4, -0.2) is 51.2 Å². The maximum atomic E-state index is 12.6. The maximum Gasteiger partial charge on any atom is 0.272 e. The summed E-state index contributed by atoms with van der Waals surface area (Å²) in [6.45, 7) is 2.06. The molecule has 12 heteroatoms. The Morgan fingerprint density at radius 3 is 2.20 bits per heavy atom. The molecule has 1 fully saturated rings. The van der Waals surface area contributed by atoms with Gasteiger partial charge in [-0.05, 0) is 75.8 Å². The average molecular weight is 763 g/mol. The largest absolute Gasteiger partial charge is 0.368 e. The molecule has 0 atom stereocenters. The van der Waals surface area contributed by atoms with Crippen molar-refractivity contribution in [1.82, 2.24) is 25.5 Å². The first-order chi connectivity index (χ1) is 27.2. The van der Waals surface area contributed by atoms with Gasteiger partial charge in [0.1, 0.15) is 0 Å². The van der Waals surface area contributed by atoms with Crippen LogP contribution < -0.4 is 21.8 Å². The summed E-state index contributed by atoms with van der Waals surface area (Å²) in [5, 5.41) is 14.6. The standard InChI is InChI=1S/C22H24N6O2.C22H34N2O2/c1-28-12-14(10-24-28)21-17-11-23-27-22(30)16-8-15(9-18(26-21)20(16)17)25-19(29)7-13-5-3-2-4-6-13;1-2-3-4-5-6-7-8-9-10-11-12-13-14-15-16-17-18-19-22(26)24-20-21(23)25/h8-13,26H,2-7H2,1H3,(H,25,29)(H,27,30);3-4,6-7,9-10,12-13,15-16H,2,5,8,11,14,17-20H2,1H3,(H2,23,25)(H,24,26)/b;4-3-,7-6-,10-9-,13-12-,16-15-. The number of amides is 4. The number of allylic oxidation sites excluding steroid dienone is 10. The van der Waals surface area contributed by atoms with Gasteiger partial charge in [0.05, 0.1) is 30.2 Å². The molecule has 0 bridgehead atoms. The van der Waals surface area contributed by atoms with Gasteiger partial charge in [-0.1, -0.05) is 86.9 Å². The molecule has 5 rings (SSSR count). The Morgan fingerprint density at radius 1 is 0.911 bits per heavy atom. The average Bonchev–Trinajstić information content (AvgIpc) is 3.73. The van der Waals surface area contributed by atoms with Crippen LogP contribution >= 0.6 is 0 Å². The number of carbonyl (C=O) groups is 4. The Bertz CT molecular complexity index is 1940. The van der Waals surface area contributed by atoms with E-state index in [0.29, 0.717) is 30.0 Å². The number of unbranched alkanes of at least 4 members (excludes halogenated alkanes) is 1. The Kier molecular flexibility index (Phi) is 18.3. The van der Waals surface area contributed by atoms with Crippen molar-refractivity contribution >= 4 is 46.4 Å². The number of anilines is 1. The number of nitrogens with zero attached hydrogens (tertiary/aromatic N) is 3. The molecule has 3 aromatic rings. The number of H-pyrrole nitrogens is 1. The van der Waals surface area contributed by atoms with E-state index < -0.39 is 5.91 Å². The van der Waals surface area contributed by atoms with Crippen molar-refractivity contribution in [2.75, 3.05) is 11.9 Å². The van der Waals surface area contributed by atoms with Gasteiger partial charge in [-0.3, -0.25) is 23.9 Å². The SMILES string of the molecule is CC/C=C\C/C=C\C/C=C\C/C=C\C/C=C\CCCC(=O)NCC(N)=O.Cn1cc(-c2[nH]c3cc(NC(=O)CC4CCCCC4)cc4c3c2C=NNC4=O)cn1. The fourth-order valence-electron chi connectivity index (χ4n) is 6.62. The van der Waals surface area contributed by atoms with Crippen LogP contribution in [0.2, 0.25) is 0 Å². The second-order valence-electron chi connectivity index (χ2n) is 14.1. The first kappa shape index (κ1) is 43.0. The molecule has 56 heavy (non-hydrogen) atoms. The normalized spacial score (nSPS) is 14.6. The Labute approximate surface area is 330 Å². The molecular formula is C44H58N8O4. The van der Waals surface area contributed by atoms with Gasteiger partial charge in [0, 0.05) is 53.8 Å². The third kappa shape index (κ3) is 14.8. The zero-order valence-electron chi connectivity index (χ0n) is 32.9. The Morgan fingerprint density at radius 2 is 1.57 bits per heavy atom. The molecule has 298 valence electrons. The van der Waals surface area contributed by atoms with Gasteiger partial charge in [-0.2, -0.15) is 10.2 Å². The van der Waals surface area contributed by atoms with E-state index in [4.69, 9.17) is 5.73 Å². The second kappa shape index (κ2) is 23.9. The van der Waals surface area contributed by atoms with Crippen LogP contribution in [-0.2, 0) is 21.4 Å². The molecule has 1 saturated carbocycles. The summed E-state index contributed by atoms with van der Waals surface area (Å²) >= 11 is 0. The number of hydrogen-bond acceptors (Lipinski definition) is 6. The molecule has 3 heterocycles. The monoisotopic (exact) mass is 762 g/mol. The minimum Gasteiger partial charge on any atom is -0.368 e. The predicted octanol–water partition coefficient (Wildman–Crippen LogP) is 8.06. The number of hydrazone groups is 1. The van der Waals surface area contributed by atoms with Gasteiger partial charge < -0.3 is 21.4 Å². The minimum atomic E-state index is -0.517. The molecule has 0 saturated heterocycles. The van der Waals surface area contributed by atoms with E-state index in [9.17, 15) is 19.2 Å². The predicted molar refractivity (Wildman–Crippen MR) is 226 cm³/mol. The van der Waals surface area contributed by atoms with Crippen LogP contribution in [0.5, 0.6) is 0 Å². The van der Waals surface area contributed by atoms with Gasteiger partial charge in [0.15, 0.2) is 0 Å². The van der Waals surface area contributed by atoms with Gasteiger partial charge in [-0.25, -0.2) is 5.43 Å². The van der Waals surface area contributed by atoms with Crippen LogP contribution in [0, 0.1) is 5.92 Å². The number of carbonyl (C=O) groups excluding carboxylic acids is 4. The van der Waals surface area contributed by atoms with Crippen molar-refractivity contribution in [3.8, 4) is 11.3 Å². The van der Waals surface area contributed by atoms with E-state index in [1.54, 1.807) is 23.2 Å². The molecule has 2 aromatic heterocycles. The van der Waals surface area contributed by atoms with Crippen molar-refractivity contribution in [2.24, 2.45) is 23.8 Å². The molecule has 1 aliphatic carbocycles. The molecule has 1 aromatic carbocycles. The quantitative estimate of drug-likeness (QED) is 0.0612. The van der Waals surface area contributed by atoms with E-state index in [1.165, 1.54) is 19.3 Å². The van der Waals surface area contributed by atoms with Gasteiger partial charge in [0.25, 0.3) is 5.91 Å². The molecule has 12 nitrogen and oxygen atoms in total. The van der Waals surface area contributed by atoms with Crippen LogP contribution in [0.25, 0.3) is 22.2 Å². The number of nitrogens with two attached hydrogens (primary N) is 1. The summed E-state index contributed by atoms with van der Waals surface area (Å²) in [5.74, 6) is -0.490. The summed E-state index contributed by atoms with van der Waals surface area (Å²) in [6.07, 6.45) is 40.4. The van der Waals surface area contributed by atoms with E-state index in [-0.39, 0.29) is 24.3 Å². The highest BCUT2D eigenvalue weighted by Gasteiger charge is 2.23. The van der Waals surface area contributed by atoms with Crippen molar-refractivity contribution < 1.29 is 19.2 Å². The first-order valence-electron chi connectivity index (χ1n) is 19.9. The van der Waals surface area contributed by atoms with Gasteiger partial charge >= 0.3 is 0 Å². The molecule has 4 amide bonds. The molecule has 0 radical (unpaired) electrons. The summed E-state index contributed by atoms with van der Waals surface area (Å²) in [5.41, 5.74) is 11.9. The molecule has 2 aliphatic rings. The molecule has 6 N–H and O–H groups in total. The lowest BCUT2D eigenvalue weighted by Crippen LogP contribution is -2.33. The van der Waals surface area contributed by atoms with E-state index >= 15 is 0 Å². The molecule has 0 unspecified atom stereocenters. The van der Waals surface area contributed by atoms with Crippen LogP contribution in [0.15, 0.2) is 90.4 Å². The van der Waals surface area contributed by atoms with Gasteiger partial charge in [-0.15, -0.1) is 0 Å². The highest BCUT2D eigenvalue weighted by Crippen LogP contribution is 2.35. The lowest BCUT2D eigenvalue weighted by molar-refractivity contribution is -0.124. The fraction of sp³-hybridized carbons (Fsp3) is 0.409. The highest BCUT2D eigenvalue weighted by molar-refractivity contribution is 6.18.